The molecule has 2 rings (SSSR count). The molecule has 0 atom stereocenters. The van der Waals surface area contributed by atoms with Crippen molar-refractivity contribution in [3.8, 4) is 0 Å². The predicted molar refractivity (Wildman–Crippen MR) is 85.5 cm³/mol. The maximum Gasteiger partial charge on any atom is 0.269 e. The van der Waals surface area contributed by atoms with Gasteiger partial charge in [-0.2, -0.15) is 0 Å². The number of carbonyl (C=O) groups excluding carboxylic acids is 1. The van der Waals surface area contributed by atoms with Crippen LogP contribution in [0.5, 0.6) is 0 Å². The third-order valence-corrected chi connectivity index (χ3v) is 3.52. The number of non-ortho nitro benzene ring substituents is 1. The number of halogens is 1. The van der Waals surface area contributed by atoms with Crippen LogP contribution >= 0.6 is 15.9 Å². The molecule has 21 heavy (non-hydrogen) atoms. The number of ketones is 1. The first-order valence-electron chi connectivity index (χ1n) is 6.20. The number of hydrogen-bond donors (Lipinski definition) is 0. The molecular formula is C16H12BrNO3. The number of benzene rings is 2. The predicted octanol–water partition coefficient (Wildman–Crippen LogP) is 4.52. The summed E-state index contributed by atoms with van der Waals surface area (Å²) >= 11 is 3.26. The zero-order valence-electron chi connectivity index (χ0n) is 11.2. The van der Waals surface area contributed by atoms with E-state index in [1.165, 1.54) is 12.1 Å². The Morgan fingerprint density at radius 3 is 2.19 bits per heavy atom. The molecule has 0 amide bonds. The molecule has 0 heterocycles. The molecule has 0 aliphatic rings. The zero-order valence-corrected chi connectivity index (χ0v) is 12.8. The summed E-state index contributed by atoms with van der Waals surface area (Å²) in [5.41, 5.74) is 2.41. The van der Waals surface area contributed by atoms with E-state index < -0.39 is 4.92 Å². The maximum absolute atomic E-state index is 12.2. The third-order valence-electron chi connectivity index (χ3n) is 2.93. The number of carbonyl (C=O) groups is 1. The van der Waals surface area contributed by atoms with Crippen molar-refractivity contribution < 1.29 is 9.72 Å². The summed E-state index contributed by atoms with van der Waals surface area (Å²) in [6.45, 7) is 1.95. The van der Waals surface area contributed by atoms with Crippen molar-refractivity contribution in [3.63, 3.8) is 0 Å². The van der Waals surface area contributed by atoms with E-state index in [9.17, 15) is 14.9 Å². The molecule has 0 aromatic heterocycles. The molecule has 0 saturated carbocycles. The van der Waals surface area contributed by atoms with Gasteiger partial charge in [-0.1, -0.05) is 29.8 Å². The van der Waals surface area contributed by atoms with Crippen LogP contribution in [-0.4, -0.2) is 10.7 Å². The minimum absolute atomic E-state index is 0.0214. The number of rotatable bonds is 4. The summed E-state index contributed by atoms with van der Waals surface area (Å²) in [4.78, 5) is 22.3. The second-order valence-electron chi connectivity index (χ2n) is 4.54. The molecule has 0 N–H and O–H groups in total. The van der Waals surface area contributed by atoms with E-state index in [-0.39, 0.29) is 11.5 Å². The van der Waals surface area contributed by atoms with Crippen LogP contribution in [0.4, 0.5) is 5.69 Å². The van der Waals surface area contributed by atoms with Crippen LogP contribution in [-0.2, 0) is 0 Å². The number of allylic oxidation sites excluding steroid dienone is 1. The van der Waals surface area contributed by atoms with Gasteiger partial charge in [0, 0.05) is 17.7 Å². The number of hydrogen-bond acceptors (Lipinski definition) is 3. The fourth-order valence-electron chi connectivity index (χ4n) is 1.75. The lowest BCUT2D eigenvalue weighted by Crippen LogP contribution is -1.98. The summed E-state index contributed by atoms with van der Waals surface area (Å²) in [7, 11) is 0. The third kappa shape index (κ3) is 3.86. The van der Waals surface area contributed by atoms with Gasteiger partial charge in [0.1, 0.15) is 0 Å². The number of aryl methyl sites for hydroxylation is 1. The first kappa shape index (κ1) is 15.1. The largest absolute Gasteiger partial charge is 0.288 e. The summed E-state index contributed by atoms with van der Waals surface area (Å²) in [5.74, 6) is -0.131. The van der Waals surface area contributed by atoms with Crippen LogP contribution in [0.2, 0.25) is 0 Å². The number of nitro benzene ring substituents is 1. The standard InChI is InChI=1S/C16H12BrNO3/c1-11-2-6-13(7-3-11)16(19)15(17)10-12-4-8-14(9-5-12)18(20)21/h2-10H,1H3/b15-10-. The van der Waals surface area contributed by atoms with E-state index in [0.29, 0.717) is 15.6 Å². The van der Waals surface area contributed by atoms with E-state index >= 15 is 0 Å². The SMILES string of the molecule is Cc1ccc(C(=O)/C(Br)=C/c2ccc([N+](=O)[O-])cc2)cc1. The monoisotopic (exact) mass is 345 g/mol. The average Bonchev–Trinajstić information content (AvgIpc) is 2.47. The molecule has 0 radical (unpaired) electrons. The van der Waals surface area contributed by atoms with Crippen molar-refractivity contribution in [2.75, 3.05) is 0 Å². The fourth-order valence-corrected chi connectivity index (χ4v) is 2.24. The molecule has 0 bridgehead atoms. The van der Waals surface area contributed by atoms with Crippen molar-refractivity contribution in [2.45, 2.75) is 6.92 Å². The van der Waals surface area contributed by atoms with E-state index in [1.807, 2.05) is 19.1 Å². The molecule has 0 fully saturated rings. The Morgan fingerprint density at radius 2 is 1.67 bits per heavy atom. The van der Waals surface area contributed by atoms with Gasteiger partial charge in [0.15, 0.2) is 5.78 Å². The minimum Gasteiger partial charge on any atom is -0.288 e. The summed E-state index contributed by atoms with van der Waals surface area (Å²) in [5, 5.41) is 10.6. The Labute approximate surface area is 130 Å². The van der Waals surface area contributed by atoms with Crippen molar-refractivity contribution in [3.05, 3.63) is 79.8 Å². The Bertz CT molecular complexity index is 703. The van der Waals surface area contributed by atoms with Gasteiger partial charge in [0.2, 0.25) is 0 Å². The molecule has 0 saturated heterocycles. The molecule has 0 spiro atoms. The lowest BCUT2D eigenvalue weighted by Gasteiger charge is -2.01. The lowest BCUT2D eigenvalue weighted by atomic mass is 10.1. The quantitative estimate of drug-likeness (QED) is 0.354. The van der Waals surface area contributed by atoms with E-state index in [1.54, 1.807) is 30.3 Å². The van der Waals surface area contributed by atoms with E-state index in [0.717, 1.165) is 5.56 Å². The molecule has 2 aromatic rings. The van der Waals surface area contributed by atoms with Crippen LogP contribution in [0.1, 0.15) is 21.5 Å². The molecule has 106 valence electrons. The van der Waals surface area contributed by atoms with Crippen LogP contribution in [0.15, 0.2) is 53.0 Å². The zero-order chi connectivity index (χ0) is 15.4. The normalized spacial score (nSPS) is 11.2. The lowest BCUT2D eigenvalue weighted by molar-refractivity contribution is -0.384. The van der Waals surface area contributed by atoms with Crippen molar-refractivity contribution in [2.24, 2.45) is 0 Å². The number of Topliss-reactive ketones (excluding diaryl/α,β-unsaturated/α-hetero) is 1. The van der Waals surface area contributed by atoms with Gasteiger partial charge in [-0.25, -0.2) is 0 Å². The maximum atomic E-state index is 12.2. The van der Waals surface area contributed by atoms with Crippen LogP contribution in [0, 0.1) is 17.0 Å². The number of nitro groups is 1. The van der Waals surface area contributed by atoms with Gasteiger partial charge in [-0.15, -0.1) is 0 Å². The first-order valence-corrected chi connectivity index (χ1v) is 6.99. The van der Waals surface area contributed by atoms with Crippen LogP contribution in [0.3, 0.4) is 0 Å². The van der Waals surface area contributed by atoms with Gasteiger partial charge in [-0.3, -0.25) is 14.9 Å². The molecule has 0 unspecified atom stereocenters. The van der Waals surface area contributed by atoms with Crippen molar-refractivity contribution in [1.82, 2.24) is 0 Å². The highest BCUT2D eigenvalue weighted by molar-refractivity contribution is 9.12. The van der Waals surface area contributed by atoms with Crippen molar-refractivity contribution in [1.29, 1.82) is 0 Å². The summed E-state index contributed by atoms with van der Waals surface area (Å²) in [6, 6.07) is 13.3. The van der Waals surface area contributed by atoms with Gasteiger partial charge in [-0.05, 0) is 46.6 Å². The molecule has 5 heteroatoms. The second-order valence-corrected chi connectivity index (χ2v) is 5.39. The fraction of sp³-hybridized carbons (Fsp3) is 0.0625. The highest BCUT2D eigenvalue weighted by Crippen LogP contribution is 2.20. The minimum atomic E-state index is -0.458. The van der Waals surface area contributed by atoms with Crippen LogP contribution in [0.25, 0.3) is 6.08 Å². The highest BCUT2D eigenvalue weighted by Gasteiger charge is 2.10. The van der Waals surface area contributed by atoms with Crippen LogP contribution < -0.4 is 0 Å². The van der Waals surface area contributed by atoms with Crippen molar-refractivity contribution >= 4 is 33.5 Å². The second kappa shape index (κ2) is 6.45. The van der Waals surface area contributed by atoms with E-state index in [2.05, 4.69) is 15.9 Å². The molecule has 0 aliphatic heterocycles. The number of nitrogens with zero attached hydrogens (tertiary/aromatic N) is 1. The van der Waals surface area contributed by atoms with Gasteiger partial charge in [0.05, 0.1) is 9.41 Å². The molecular weight excluding hydrogens is 334 g/mol. The van der Waals surface area contributed by atoms with Gasteiger partial charge < -0.3 is 0 Å². The topological polar surface area (TPSA) is 60.2 Å². The summed E-state index contributed by atoms with van der Waals surface area (Å²) in [6.07, 6.45) is 1.64. The Morgan fingerprint density at radius 1 is 1.10 bits per heavy atom. The first-order chi connectivity index (χ1) is 9.97. The average molecular weight is 346 g/mol. The Balaban J connectivity index is 2.21. The molecule has 4 nitrogen and oxygen atoms in total. The Kier molecular flexibility index (Phi) is 4.65. The Hall–Kier alpha value is -2.27. The van der Waals surface area contributed by atoms with E-state index in [4.69, 9.17) is 0 Å². The summed E-state index contributed by atoms with van der Waals surface area (Å²) < 4.78 is 0.403. The molecule has 0 aliphatic carbocycles. The molecule has 2 aromatic carbocycles. The highest BCUT2D eigenvalue weighted by atomic mass is 79.9. The van der Waals surface area contributed by atoms with Gasteiger partial charge in [0.25, 0.3) is 5.69 Å². The smallest absolute Gasteiger partial charge is 0.269 e. The van der Waals surface area contributed by atoms with Gasteiger partial charge >= 0.3 is 0 Å².